The molecule has 1 unspecified atom stereocenters. The summed E-state index contributed by atoms with van der Waals surface area (Å²) in [6, 6.07) is 8.00. The smallest absolute Gasteiger partial charge is 0.191 e. The first kappa shape index (κ1) is 16.6. The van der Waals surface area contributed by atoms with E-state index in [2.05, 4.69) is 21.7 Å². The molecule has 6 nitrogen and oxygen atoms in total. The second-order valence-corrected chi connectivity index (χ2v) is 7.59. The van der Waals surface area contributed by atoms with Crippen molar-refractivity contribution in [2.75, 3.05) is 31.6 Å². The molecule has 1 heterocycles. The number of sulfone groups is 1. The van der Waals surface area contributed by atoms with Crippen molar-refractivity contribution in [1.82, 2.24) is 10.6 Å². The van der Waals surface area contributed by atoms with Gasteiger partial charge in [0.1, 0.15) is 21.7 Å². The lowest BCUT2D eigenvalue weighted by molar-refractivity contribution is 0.241. The average Bonchev–Trinajstić information content (AvgIpc) is 2.86. The van der Waals surface area contributed by atoms with Gasteiger partial charge in [-0.25, -0.2) is 13.4 Å². The Morgan fingerprint density at radius 3 is 2.82 bits per heavy atom. The van der Waals surface area contributed by atoms with Crippen molar-refractivity contribution in [3.63, 3.8) is 0 Å². The second kappa shape index (κ2) is 7.49. The zero-order chi connectivity index (χ0) is 16.0. The van der Waals surface area contributed by atoms with Crippen molar-refractivity contribution in [2.45, 2.75) is 19.4 Å². The van der Waals surface area contributed by atoms with Gasteiger partial charge in [-0.1, -0.05) is 18.2 Å². The molecule has 1 aromatic rings. The summed E-state index contributed by atoms with van der Waals surface area (Å²) in [4.78, 5) is 4.47. The number of hydrogen-bond donors (Lipinski definition) is 2. The molecule has 0 spiro atoms. The average molecular weight is 325 g/mol. The third-order valence-electron chi connectivity index (χ3n) is 3.28. The van der Waals surface area contributed by atoms with Gasteiger partial charge in [0, 0.05) is 25.8 Å². The van der Waals surface area contributed by atoms with Crippen molar-refractivity contribution in [1.29, 1.82) is 0 Å². The Labute approximate surface area is 131 Å². The van der Waals surface area contributed by atoms with Crippen LogP contribution < -0.4 is 15.4 Å². The minimum absolute atomic E-state index is 0.0303. The maximum atomic E-state index is 11.1. The molecular formula is C15H23N3O3S. The largest absolute Gasteiger partial charge is 0.488 e. The number of rotatable bonds is 6. The summed E-state index contributed by atoms with van der Waals surface area (Å²) in [7, 11) is -2.97. The highest BCUT2D eigenvalue weighted by atomic mass is 32.2. The highest BCUT2D eigenvalue weighted by Crippen LogP contribution is 2.28. The normalized spacial score (nSPS) is 17.7. The quantitative estimate of drug-likeness (QED) is 0.591. The fraction of sp³-hybridized carbons (Fsp3) is 0.533. The number of guanidine groups is 1. The predicted octanol–water partition coefficient (Wildman–Crippen LogP) is 0.590. The third-order valence-corrected chi connectivity index (χ3v) is 4.22. The molecule has 0 radical (unpaired) electrons. The fourth-order valence-corrected chi connectivity index (χ4v) is 2.72. The van der Waals surface area contributed by atoms with E-state index < -0.39 is 9.84 Å². The van der Waals surface area contributed by atoms with E-state index >= 15 is 0 Å². The van der Waals surface area contributed by atoms with E-state index in [9.17, 15) is 8.42 Å². The van der Waals surface area contributed by atoms with Crippen LogP contribution in [0.5, 0.6) is 5.75 Å². The minimum Gasteiger partial charge on any atom is -0.488 e. The van der Waals surface area contributed by atoms with E-state index in [4.69, 9.17) is 4.74 Å². The van der Waals surface area contributed by atoms with Gasteiger partial charge in [-0.05, 0) is 18.6 Å². The molecule has 122 valence electrons. The lowest BCUT2D eigenvalue weighted by atomic mass is 10.1. The molecule has 2 N–H and O–H groups in total. The number of hydrogen-bond acceptors (Lipinski definition) is 4. The van der Waals surface area contributed by atoms with Gasteiger partial charge in [0.15, 0.2) is 5.96 Å². The lowest BCUT2D eigenvalue weighted by Crippen LogP contribution is -2.40. The number of aliphatic imine (C=N–C) groups is 1. The zero-order valence-electron chi connectivity index (χ0n) is 13.0. The van der Waals surface area contributed by atoms with Gasteiger partial charge in [0.25, 0.3) is 0 Å². The summed E-state index contributed by atoms with van der Waals surface area (Å²) < 4.78 is 28.1. The van der Waals surface area contributed by atoms with Crippen LogP contribution in [-0.4, -0.2) is 52.1 Å². The van der Waals surface area contributed by atoms with Crippen LogP contribution in [0.3, 0.4) is 0 Å². The van der Waals surface area contributed by atoms with Crippen LogP contribution in [0.2, 0.25) is 0 Å². The lowest BCUT2D eigenvalue weighted by Gasteiger charge is -2.13. The molecule has 0 aromatic heterocycles. The van der Waals surface area contributed by atoms with Gasteiger partial charge in [0.05, 0.1) is 12.3 Å². The molecule has 7 heteroatoms. The third kappa shape index (κ3) is 5.22. The van der Waals surface area contributed by atoms with Crippen molar-refractivity contribution >= 4 is 15.8 Å². The van der Waals surface area contributed by atoms with E-state index in [0.717, 1.165) is 18.7 Å². The van der Waals surface area contributed by atoms with Crippen LogP contribution >= 0.6 is 0 Å². The van der Waals surface area contributed by atoms with Gasteiger partial charge in [-0.15, -0.1) is 0 Å². The topological polar surface area (TPSA) is 79.8 Å². The number of fused-ring (bicyclic) bond motifs is 1. The molecule has 1 aliphatic rings. The van der Waals surface area contributed by atoms with E-state index in [1.807, 2.05) is 25.1 Å². The first-order valence-electron chi connectivity index (χ1n) is 7.42. The van der Waals surface area contributed by atoms with Gasteiger partial charge >= 0.3 is 0 Å². The number of nitrogens with one attached hydrogen (secondary N) is 2. The van der Waals surface area contributed by atoms with Crippen molar-refractivity contribution in [2.24, 2.45) is 4.99 Å². The molecule has 0 aliphatic carbocycles. The first-order chi connectivity index (χ1) is 10.5. The summed E-state index contributed by atoms with van der Waals surface area (Å²) in [6.45, 7) is 3.56. The highest BCUT2D eigenvalue weighted by Gasteiger charge is 2.21. The molecular weight excluding hydrogens is 302 g/mol. The van der Waals surface area contributed by atoms with Crippen molar-refractivity contribution in [3.8, 4) is 5.75 Å². The monoisotopic (exact) mass is 325 g/mol. The number of para-hydroxylation sites is 1. The summed E-state index contributed by atoms with van der Waals surface area (Å²) >= 11 is 0. The van der Waals surface area contributed by atoms with Crippen molar-refractivity contribution in [3.05, 3.63) is 29.8 Å². The standard InChI is InChI=1S/C15H23N3O3S/c1-3-16-15(17-8-9-22(2,19)20)18-11-13-10-12-6-4-5-7-14(12)21-13/h4-7,13H,3,8-11H2,1-2H3,(H2,16,17,18). The Balaban J connectivity index is 1.86. The van der Waals surface area contributed by atoms with Crippen LogP contribution in [0, 0.1) is 0 Å². The van der Waals surface area contributed by atoms with Gasteiger partial charge in [-0.2, -0.15) is 0 Å². The van der Waals surface area contributed by atoms with Crippen LogP contribution in [0.15, 0.2) is 29.3 Å². The molecule has 0 amide bonds. The molecule has 2 rings (SSSR count). The van der Waals surface area contributed by atoms with E-state index in [-0.39, 0.29) is 11.9 Å². The van der Waals surface area contributed by atoms with Gasteiger partial charge in [-0.3, -0.25) is 0 Å². The molecule has 0 saturated heterocycles. The van der Waals surface area contributed by atoms with Crippen molar-refractivity contribution < 1.29 is 13.2 Å². The number of ether oxygens (including phenoxy) is 1. The molecule has 1 aromatic carbocycles. The SMILES string of the molecule is CCNC(=NCC1Cc2ccccc2O1)NCCS(C)(=O)=O. The second-order valence-electron chi connectivity index (χ2n) is 5.33. The maximum absolute atomic E-state index is 11.1. The van der Waals surface area contributed by atoms with Crippen LogP contribution in [0.25, 0.3) is 0 Å². The molecule has 0 saturated carbocycles. The molecule has 1 atom stereocenters. The Morgan fingerprint density at radius 2 is 2.14 bits per heavy atom. The van der Waals surface area contributed by atoms with Crippen LogP contribution in [0.1, 0.15) is 12.5 Å². The number of nitrogens with zero attached hydrogens (tertiary/aromatic N) is 1. The summed E-state index contributed by atoms with van der Waals surface area (Å²) in [5.74, 6) is 1.63. The molecule has 1 aliphatic heterocycles. The first-order valence-corrected chi connectivity index (χ1v) is 9.48. The van der Waals surface area contributed by atoms with Gasteiger partial charge < -0.3 is 15.4 Å². The molecule has 22 heavy (non-hydrogen) atoms. The Kier molecular flexibility index (Phi) is 5.65. The Bertz CT molecular complexity index is 604. The highest BCUT2D eigenvalue weighted by molar-refractivity contribution is 7.90. The maximum Gasteiger partial charge on any atom is 0.191 e. The summed E-state index contributed by atoms with van der Waals surface area (Å²) in [6.07, 6.45) is 2.10. The van der Waals surface area contributed by atoms with Crippen LogP contribution in [0.4, 0.5) is 0 Å². The Hall–Kier alpha value is -1.76. The van der Waals surface area contributed by atoms with E-state index in [1.54, 1.807) is 0 Å². The Morgan fingerprint density at radius 1 is 1.36 bits per heavy atom. The molecule has 0 fully saturated rings. The van der Waals surface area contributed by atoms with Crippen LogP contribution in [-0.2, 0) is 16.3 Å². The number of benzene rings is 1. The van der Waals surface area contributed by atoms with E-state index in [0.29, 0.717) is 19.0 Å². The zero-order valence-corrected chi connectivity index (χ0v) is 13.8. The minimum atomic E-state index is -2.97. The fourth-order valence-electron chi connectivity index (χ4n) is 2.25. The predicted molar refractivity (Wildman–Crippen MR) is 88.3 cm³/mol. The summed E-state index contributed by atoms with van der Waals surface area (Å²) in [5, 5.41) is 6.13. The van der Waals surface area contributed by atoms with E-state index in [1.165, 1.54) is 11.8 Å². The van der Waals surface area contributed by atoms with Gasteiger partial charge in [0.2, 0.25) is 0 Å². The summed E-state index contributed by atoms with van der Waals surface area (Å²) in [5.41, 5.74) is 1.21. The molecule has 0 bridgehead atoms.